The van der Waals surface area contributed by atoms with Gasteiger partial charge in [-0.3, -0.25) is 4.79 Å². The Morgan fingerprint density at radius 3 is 2.58 bits per heavy atom. The van der Waals surface area contributed by atoms with Crippen molar-refractivity contribution in [3.8, 4) is 11.5 Å². The first-order valence-electron chi connectivity index (χ1n) is 7.47. The van der Waals surface area contributed by atoms with Crippen LogP contribution in [0.4, 0.5) is 5.69 Å². The molecule has 1 saturated heterocycles. The summed E-state index contributed by atoms with van der Waals surface area (Å²) in [6, 6.07) is 11.3. The molecule has 1 aliphatic rings. The quantitative estimate of drug-likeness (QED) is 0.436. The maximum Gasteiger partial charge on any atom is 0.264 e. The molecule has 0 unspecified atom stereocenters. The summed E-state index contributed by atoms with van der Waals surface area (Å²) in [7, 11) is 3.19. The molecule has 1 heterocycles. The second kappa shape index (κ2) is 8.45. The number of nitrogens with zero attached hydrogens (tertiary/aromatic N) is 1. The first-order chi connectivity index (χ1) is 12.5. The van der Waals surface area contributed by atoms with Gasteiger partial charge < -0.3 is 14.8 Å². The Balaban J connectivity index is 1.87. The summed E-state index contributed by atoms with van der Waals surface area (Å²) in [6.45, 7) is 0. The summed E-state index contributed by atoms with van der Waals surface area (Å²) in [4.78, 5) is 17.3. The van der Waals surface area contributed by atoms with Crippen LogP contribution in [-0.2, 0) is 4.79 Å². The van der Waals surface area contributed by atoms with Crippen molar-refractivity contribution in [1.29, 1.82) is 0 Å². The molecule has 0 aromatic heterocycles. The van der Waals surface area contributed by atoms with Gasteiger partial charge in [0.25, 0.3) is 5.91 Å². The van der Waals surface area contributed by atoms with Gasteiger partial charge in [-0.05, 0) is 82.4 Å². The summed E-state index contributed by atoms with van der Waals surface area (Å²) >= 11 is 6.88. The highest BCUT2D eigenvalue weighted by Gasteiger charge is 2.24. The molecule has 0 bridgehead atoms. The third kappa shape index (κ3) is 4.41. The van der Waals surface area contributed by atoms with Gasteiger partial charge in [0.1, 0.15) is 0 Å². The zero-order valence-electron chi connectivity index (χ0n) is 13.9. The molecular formula is C18H14BrIN2O3S. The lowest BCUT2D eigenvalue weighted by Crippen LogP contribution is -2.19. The van der Waals surface area contributed by atoms with E-state index in [1.54, 1.807) is 14.2 Å². The number of hydrogen-bond acceptors (Lipinski definition) is 5. The van der Waals surface area contributed by atoms with Crippen molar-refractivity contribution in [2.75, 3.05) is 14.2 Å². The van der Waals surface area contributed by atoms with Gasteiger partial charge in [0.2, 0.25) is 0 Å². The molecule has 5 nitrogen and oxygen atoms in total. The lowest BCUT2D eigenvalue weighted by molar-refractivity contribution is -0.115. The molecule has 8 heteroatoms. The lowest BCUT2D eigenvalue weighted by Gasteiger charge is -2.10. The molecule has 1 aliphatic heterocycles. The molecule has 0 atom stereocenters. The standard InChI is InChI=1S/C18H14BrIN2O3S/c1-24-14-8-10(7-13(20)16(14)25-2)9-15-17(23)22-18(26-15)21-12-5-3-11(19)4-6-12/h3-9H,1-2H3,(H,21,22,23)/b15-9+. The van der Waals surface area contributed by atoms with Crippen molar-refractivity contribution in [3.05, 3.63) is 54.9 Å². The summed E-state index contributed by atoms with van der Waals surface area (Å²) < 4.78 is 12.6. The second-order valence-electron chi connectivity index (χ2n) is 5.20. The molecule has 2 aromatic rings. The zero-order chi connectivity index (χ0) is 18.7. The monoisotopic (exact) mass is 544 g/mol. The molecule has 0 aliphatic carbocycles. The van der Waals surface area contributed by atoms with Crippen LogP contribution < -0.4 is 14.8 Å². The highest BCUT2D eigenvalue weighted by molar-refractivity contribution is 14.1. The Morgan fingerprint density at radius 2 is 1.92 bits per heavy atom. The fraction of sp³-hybridized carbons (Fsp3) is 0.111. The number of ether oxygens (including phenoxy) is 2. The van der Waals surface area contributed by atoms with Crippen LogP contribution in [0, 0.1) is 3.57 Å². The Hall–Kier alpha value is -1.52. The molecule has 0 saturated carbocycles. The molecular weight excluding hydrogens is 531 g/mol. The van der Waals surface area contributed by atoms with Gasteiger partial charge in [-0.1, -0.05) is 15.9 Å². The summed E-state index contributed by atoms with van der Waals surface area (Å²) in [6.07, 6.45) is 1.81. The maximum absolute atomic E-state index is 12.2. The molecule has 26 heavy (non-hydrogen) atoms. The minimum atomic E-state index is -0.171. The average Bonchev–Trinajstić information content (AvgIpc) is 2.95. The highest BCUT2D eigenvalue weighted by Crippen LogP contribution is 2.35. The van der Waals surface area contributed by atoms with Crippen molar-refractivity contribution in [2.45, 2.75) is 0 Å². The van der Waals surface area contributed by atoms with E-state index < -0.39 is 0 Å². The minimum absolute atomic E-state index is 0.171. The van der Waals surface area contributed by atoms with Crippen molar-refractivity contribution >= 4 is 73.1 Å². The van der Waals surface area contributed by atoms with E-state index in [0.717, 1.165) is 19.3 Å². The molecule has 1 fully saturated rings. The van der Waals surface area contributed by atoms with E-state index >= 15 is 0 Å². The van der Waals surface area contributed by atoms with Crippen molar-refractivity contribution < 1.29 is 14.3 Å². The summed E-state index contributed by atoms with van der Waals surface area (Å²) in [5.74, 6) is 1.13. The summed E-state index contributed by atoms with van der Waals surface area (Å²) in [5, 5.41) is 3.34. The molecule has 2 aromatic carbocycles. The highest BCUT2D eigenvalue weighted by atomic mass is 127. The molecule has 1 N–H and O–H groups in total. The van der Waals surface area contributed by atoms with E-state index in [0.29, 0.717) is 21.6 Å². The van der Waals surface area contributed by atoms with Crippen LogP contribution in [0.25, 0.3) is 6.08 Å². The molecule has 3 rings (SSSR count). The first-order valence-corrected chi connectivity index (χ1v) is 10.2. The zero-order valence-corrected chi connectivity index (χ0v) is 18.4. The lowest BCUT2D eigenvalue weighted by atomic mass is 10.2. The number of methoxy groups -OCH3 is 2. The van der Waals surface area contributed by atoms with Crippen LogP contribution in [0.15, 0.2) is 50.8 Å². The predicted molar refractivity (Wildman–Crippen MR) is 117 cm³/mol. The van der Waals surface area contributed by atoms with Crippen LogP contribution in [0.1, 0.15) is 5.56 Å². The minimum Gasteiger partial charge on any atom is -0.493 e. The molecule has 134 valence electrons. The fourth-order valence-electron chi connectivity index (χ4n) is 2.29. The number of carbonyl (C=O) groups is 1. The topological polar surface area (TPSA) is 59.9 Å². The third-order valence-electron chi connectivity index (χ3n) is 3.46. The van der Waals surface area contributed by atoms with Gasteiger partial charge in [-0.25, -0.2) is 4.99 Å². The van der Waals surface area contributed by atoms with E-state index in [2.05, 4.69) is 48.8 Å². The van der Waals surface area contributed by atoms with E-state index in [9.17, 15) is 4.79 Å². The van der Waals surface area contributed by atoms with Gasteiger partial charge in [0.05, 0.1) is 28.4 Å². The van der Waals surface area contributed by atoms with Gasteiger partial charge in [0, 0.05) is 4.47 Å². The number of thioether (sulfide) groups is 1. The Labute approximate surface area is 177 Å². The first kappa shape index (κ1) is 19.2. The number of rotatable bonds is 4. The molecule has 1 amide bonds. The Morgan fingerprint density at radius 1 is 1.19 bits per heavy atom. The van der Waals surface area contributed by atoms with E-state index in [1.165, 1.54) is 11.8 Å². The van der Waals surface area contributed by atoms with Crippen LogP contribution in [0.2, 0.25) is 0 Å². The maximum atomic E-state index is 12.2. The van der Waals surface area contributed by atoms with Crippen LogP contribution in [-0.4, -0.2) is 25.3 Å². The SMILES string of the molecule is COc1cc(/C=C2/SC(=Nc3ccc(Br)cc3)NC2=O)cc(I)c1OC. The molecule has 0 radical (unpaired) electrons. The van der Waals surface area contributed by atoms with E-state index in [1.807, 2.05) is 42.5 Å². The number of amides is 1. The average molecular weight is 545 g/mol. The van der Waals surface area contributed by atoms with Gasteiger partial charge in [0.15, 0.2) is 16.7 Å². The number of benzene rings is 2. The fourth-order valence-corrected chi connectivity index (χ4v) is 4.24. The largest absolute Gasteiger partial charge is 0.493 e. The smallest absolute Gasteiger partial charge is 0.264 e. The van der Waals surface area contributed by atoms with Crippen molar-refractivity contribution in [1.82, 2.24) is 5.32 Å². The van der Waals surface area contributed by atoms with Gasteiger partial charge in [-0.15, -0.1) is 0 Å². The number of aliphatic imine (C=N–C) groups is 1. The molecule has 0 spiro atoms. The van der Waals surface area contributed by atoms with Crippen LogP contribution in [0.3, 0.4) is 0 Å². The second-order valence-corrected chi connectivity index (χ2v) is 8.30. The number of amidine groups is 1. The summed E-state index contributed by atoms with van der Waals surface area (Å²) in [5.41, 5.74) is 1.63. The van der Waals surface area contributed by atoms with Gasteiger partial charge in [-0.2, -0.15) is 0 Å². The number of carbonyl (C=O) groups excluding carboxylic acids is 1. The van der Waals surface area contributed by atoms with Crippen LogP contribution in [0.5, 0.6) is 11.5 Å². The van der Waals surface area contributed by atoms with Crippen molar-refractivity contribution in [2.24, 2.45) is 4.99 Å². The normalized spacial score (nSPS) is 16.8. The predicted octanol–water partition coefficient (Wildman–Crippen LogP) is 4.96. The number of nitrogens with one attached hydrogen (secondary N) is 1. The Kier molecular flexibility index (Phi) is 6.25. The third-order valence-corrected chi connectivity index (χ3v) is 5.70. The van der Waals surface area contributed by atoms with E-state index in [-0.39, 0.29) is 5.91 Å². The van der Waals surface area contributed by atoms with E-state index in [4.69, 9.17) is 9.47 Å². The van der Waals surface area contributed by atoms with Crippen LogP contribution >= 0.6 is 50.3 Å². The number of hydrogen-bond donors (Lipinski definition) is 1. The number of halogens is 2. The van der Waals surface area contributed by atoms with Crippen molar-refractivity contribution in [3.63, 3.8) is 0 Å². The van der Waals surface area contributed by atoms with Gasteiger partial charge >= 0.3 is 0 Å². The Bertz CT molecular complexity index is 913.